The number of hydrogen-bond donors (Lipinski definition) is 0. The summed E-state index contributed by atoms with van der Waals surface area (Å²) in [4.78, 5) is 4.55. The fraction of sp³-hybridized carbons (Fsp3) is 0.125. The number of allylic oxidation sites excluding steroid dienone is 4. The predicted octanol–water partition coefficient (Wildman–Crippen LogP) is 2.87. The Bertz CT molecular complexity index is 708. The van der Waals surface area contributed by atoms with Crippen molar-refractivity contribution in [2.75, 3.05) is 0 Å². The SMILES string of the molecule is C1=C[C]2C3=NC=CC24C(=C1)Oc1cccc(c14)C3. The predicted molar refractivity (Wildman–Crippen MR) is 69.5 cm³/mol. The molecule has 0 aromatic heterocycles. The van der Waals surface area contributed by atoms with Gasteiger partial charge in [0.1, 0.15) is 11.5 Å². The largest absolute Gasteiger partial charge is 0.460 e. The molecule has 18 heavy (non-hydrogen) atoms. The zero-order valence-corrected chi connectivity index (χ0v) is 9.68. The van der Waals surface area contributed by atoms with Crippen LogP contribution in [0.4, 0.5) is 0 Å². The first-order chi connectivity index (χ1) is 8.89. The van der Waals surface area contributed by atoms with Crippen LogP contribution in [0.25, 0.3) is 0 Å². The third kappa shape index (κ3) is 0.769. The van der Waals surface area contributed by atoms with Crippen LogP contribution in [-0.2, 0) is 11.8 Å². The molecule has 2 aliphatic heterocycles. The van der Waals surface area contributed by atoms with E-state index in [1.54, 1.807) is 0 Å². The van der Waals surface area contributed by atoms with Gasteiger partial charge in [-0.1, -0.05) is 24.3 Å². The van der Waals surface area contributed by atoms with Crippen molar-refractivity contribution in [2.45, 2.75) is 11.8 Å². The van der Waals surface area contributed by atoms with Crippen molar-refractivity contribution in [1.29, 1.82) is 0 Å². The number of aliphatic imine (C=N–C) groups is 1. The van der Waals surface area contributed by atoms with E-state index in [9.17, 15) is 0 Å². The van der Waals surface area contributed by atoms with Gasteiger partial charge in [-0.25, -0.2) is 0 Å². The molecule has 85 valence electrons. The number of hydrogen-bond acceptors (Lipinski definition) is 2. The lowest BCUT2D eigenvalue weighted by Gasteiger charge is -2.41. The van der Waals surface area contributed by atoms with E-state index in [0.717, 1.165) is 17.9 Å². The molecule has 1 spiro atoms. The molecule has 0 saturated heterocycles. The molecule has 1 aromatic rings. The standard InChI is InChI=1S/C16H10NO/c1-3-10-9-12-11-4-2-6-14-16(11,7-8-17-12)15(10)13(5-1)18-14/h1-8H,9H2. The summed E-state index contributed by atoms with van der Waals surface area (Å²) in [6.45, 7) is 0. The van der Waals surface area contributed by atoms with E-state index < -0.39 is 0 Å². The van der Waals surface area contributed by atoms with Crippen LogP contribution in [0, 0.1) is 5.92 Å². The van der Waals surface area contributed by atoms with Crippen molar-refractivity contribution in [3.63, 3.8) is 0 Å². The summed E-state index contributed by atoms with van der Waals surface area (Å²) in [5, 5.41) is 0. The summed E-state index contributed by atoms with van der Waals surface area (Å²) in [6.07, 6.45) is 11.3. The molecule has 0 fully saturated rings. The molecule has 2 bridgehead atoms. The Morgan fingerprint density at radius 2 is 2.28 bits per heavy atom. The molecule has 0 N–H and O–H groups in total. The van der Waals surface area contributed by atoms with E-state index in [-0.39, 0.29) is 5.41 Å². The molecular weight excluding hydrogens is 222 g/mol. The van der Waals surface area contributed by atoms with Crippen LogP contribution in [0.2, 0.25) is 0 Å². The third-order valence-corrected chi connectivity index (χ3v) is 4.27. The van der Waals surface area contributed by atoms with Gasteiger partial charge in [-0.05, 0) is 23.8 Å². The Balaban J connectivity index is 1.98. The van der Waals surface area contributed by atoms with Crippen molar-refractivity contribution >= 4 is 5.71 Å². The number of benzene rings is 1. The highest BCUT2D eigenvalue weighted by atomic mass is 16.5. The van der Waals surface area contributed by atoms with E-state index in [0.29, 0.717) is 0 Å². The molecule has 5 rings (SSSR count). The maximum Gasteiger partial charge on any atom is 0.131 e. The van der Waals surface area contributed by atoms with Gasteiger partial charge in [-0.3, -0.25) is 4.99 Å². The Kier molecular flexibility index (Phi) is 1.32. The smallest absolute Gasteiger partial charge is 0.131 e. The minimum absolute atomic E-state index is 0.185. The molecule has 4 aliphatic rings. The summed E-state index contributed by atoms with van der Waals surface area (Å²) < 4.78 is 6.06. The van der Waals surface area contributed by atoms with Gasteiger partial charge in [0, 0.05) is 23.9 Å². The highest BCUT2D eigenvalue weighted by Gasteiger charge is 2.56. The molecular formula is C16H10NO. The van der Waals surface area contributed by atoms with Gasteiger partial charge in [0.15, 0.2) is 0 Å². The molecule has 1 aromatic carbocycles. The first-order valence-electron chi connectivity index (χ1n) is 6.21. The molecule has 1 unspecified atom stereocenters. The maximum absolute atomic E-state index is 6.06. The second kappa shape index (κ2) is 2.66. The van der Waals surface area contributed by atoms with Gasteiger partial charge in [-0.15, -0.1) is 0 Å². The van der Waals surface area contributed by atoms with Gasteiger partial charge in [0.25, 0.3) is 0 Å². The van der Waals surface area contributed by atoms with Crippen molar-refractivity contribution < 1.29 is 4.74 Å². The van der Waals surface area contributed by atoms with E-state index in [1.165, 1.54) is 22.8 Å². The van der Waals surface area contributed by atoms with E-state index in [2.05, 4.69) is 47.5 Å². The normalized spacial score (nSPS) is 29.6. The Hall–Kier alpha value is -2.09. The first kappa shape index (κ1) is 8.92. The highest BCUT2D eigenvalue weighted by molar-refractivity contribution is 6.08. The minimum atomic E-state index is -0.185. The Morgan fingerprint density at radius 3 is 3.28 bits per heavy atom. The van der Waals surface area contributed by atoms with Crippen LogP contribution >= 0.6 is 0 Å². The van der Waals surface area contributed by atoms with Crippen molar-refractivity contribution in [3.8, 4) is 5.75 Å². The lowest BCUT2D eigenvalue weighted by Crippen LogP contribution is -2.43. The van der Waals surface area contributed by atoms with Gasteiger partial charge < -0.3 is 4.74 Å². The van der Waals surface area contributed by atoms with Crippen LogP contribution in [0.5, 0.6) is 5.75 Å². The van der Waals surface area contributed by atoms with Crippen LogP contribution in [0.3, 0.4) is 0 Å². The molecule has 2 heterocycles. The molecule has 2 heteroatoms. The monoisotopic (exact) mass is 232 g/mol. The summed E-state index contributed by atoms with van der Waals surface area (Å²) in [7, 11) is 0. The van der Waals surface area contributed by atoms with Crippen molar-refractivity contribution in [1.82, 2.24) is 0 Å². The lowest BCUT2D eigenvalue weighted by atomic mass is 9.60. The molecule has 0 amide bonds. The first-order valence-corrected chi connectivity index (χ1v) is 6.21. The lowest BCUT2D eigenvalue weighted by molar-refractivity contribution is 0.407. The Labute approximate surface area is 105 Å². The molecule has 0 saturated carbocycles. The zero-order chi connectivity index (χ0) is 11.7. The summed E-state index contributed by atoms with van der Waals surface area (Å²) in [5.74, 6) is 3.32. The van der Waals surface area contributed by atoms with Crippen LogP contribution < -0.4 is 4.74 Å². The van der Waals surface area contributed by atoms with Gasteiger partial charge >= 0.3 is 0 Å². The fourth-order valence-corrected chi connectivity index (χ4v) is 3.58. The van der Waals surface area contributed by atoms with E-state index in [1.807, 2.05) is 6.20 Å². The van der Waals surface area contributed by atoms with Gasteiger partial charge in [0.2, 0.25) is 0 Å². The molecule has 2 aliphatic carbocycles. The second-order valence-electron chi connectivity index (χ2n) is 5.07. The van der Waals surface area contributed by atoms with Crippen molar-refractivity contribution in [2.24, 2.45) is 4.99 Å². The minimum Gasteiger partial charge on any atom is -0.460 e. The zero-order valence-electron chi connectivity index (χ0n) is 9.68. The van der Waals surface area contributed by atoms with E-state index in [4.69, 9.17) is 4.74 Å². The van der Waals surface area contributed by atoms with Crippen LogP contribution in [0.15, 0.2) is 59.5 Å². The average molecular weight is 232 g/mol. The third-order valence-electron chi connectivity index (χ3n) is 4.27. The van der Waals surface area contributed by atoms with E-state index >= 15 is 0 Å². The number of nitrogens with zero attached hydrogens (tertiary/aromatic N) is 1. The fourth-order valence-electron chi connectivity index (χ4n) is 3.58. The topological polar surface area (TPSA) is 21.6 Å². The maximum atomic E-state index is 6.06. The quantitative estimate of drug-likeness (QED) is 0.674. The number of rotatable bonds is 0. The molecule has 2 nitrogen and oxygen atoms in total. The van der Waals surface area contributed by atoms with Crippen molar-refractivity contribution in [3.05, 3.63) is 71.5 Å². The van der Waals surface area contributed by atoms with Crippen LogP contribution in [0.1, 0.15) is 11.1 Å². The highest BCUT2D eigenvalue weighted by Crippen LogP contribution is 2.58. The molecule has 1 atom stereocenters. The average Bonchev–Trinajstić information content (AvgIpc) is 2.70. The second-order valence-corrected chi connectivity index (χ2v) is 5.07. The van der Waals surface area contributed by atoms with Gasteiger partial charge in [0.05, 0.1) is 11.3 Å². The van der Waals surface area contributed by atoms with Gasteiger partial charge in [-0.2, -0.15) is 0 Å². The number of ether oxygens (including phenoxy) is 1. The Morgan fingerprint density at radius 1 is 1.28 bits per heavy atom. The molecule has 1 radical (unpaired) electrons. The summed E-state index contributed by atoms with van der Waals surface area (Å²) in [6, 6.07) is 6.33. The summed E-state index contributed by atoms with van der Waals surface area (Å²) >= 11 is 0. The summed E-state index contributed by atoms with van der Waals surface area (Å²) in [5.41, 5.74) is 3.66. The van der Waals surface area contributed by atoms with Crippen LogP contribution in [-0.4, -0.2) is 5.71 Å².